The van der Waals surface area contributed by atoms with E-state index < -0.39 is 22.1 Å². The second-order valence-electron chi connectivity index (χ2n) is 7.28. The lowest BCUT2D eigenvalue weighted by molar-refractivity contribution is -0.117. The number of thiazole rings is 1. The molecule has 11 heteroatoms. The van der Waals surface area contributed by atoms with Gasteiger partial charge in [-0.2, -0.15) is 0 Å². The maximum absolute atomic E-state index is 12.9. The Morgan fingerprint density at radius 1 is 1.12 bits per heavy atom. The molecule has 170 valence electrons. The van der Waals surface area contributed by atoms with Crippen molar-refractivity contribution in [3.05, 3.63) is 79.2 Å². The lowest BCUT2D eigenvalue weighted by Gasteiger charge is -2.08. The molecular weight excluding hydrogens is 548 g/mol. The molecule has 2 atom stereocenters. The standard InChI is InChI=1S/C22H14Cl5N3O2S/c23-12-5-11(6-13(24)7-12)19-20(22(19,26)27)21(32)30-14-1-2-16(25)15(8-14)17(31)9-28-10-18-29-3-4-33-18/h1-8,10,19-20H,9H2,(H,30,32). The van der Waals surface area contributed by atoms with Crippen molar-refractivity contribution in [1.29, 1.82) is 0 Å². The zero-order valence-corrected chi connectivity index (χ0v) is 21.2. The molecule has 4 rings (SSSR count). The first kappa shape index (κ1) is 24.5. The van der Waals surface area contributed by atoms with Crippen molar-refractivity contribution in [2.45, 2.75) is 10.3 Å². The monoisotopic (exact) mass is 559 g/mol. The molecule has 2 aromatic carbocycles. The van der Waals surface area contributed by atoms with Crippen LogP contribution in [0.1, 0.15) is 26.8 Å². The summed E-state index contributed by atoms with van der Waals surface area (Å²) < 4.78 is -1.31. The number of aromatic nitrogens is 1. The highest BCUT2D eigenvalue weighted by molar-refractivity contribution is 7.11. The Hall–Kier alpha value is -1.67. The lowest BCUT2D eigenvalue weighted by Crippen LogP contribution is -2.17. The van der Waals surface area contributed by atoms with Gasteiger partial charge in [0.2, 0.25) is 5.91 Å². The van der Waals surface area contributed by atoms with E-state index in [0.29, 0.717) is 26.3 Å². The van der Waals surface area contributed by atoms with E-state index in [0.717, 1.165) is 0 Å². The molecule has 1 aliphatic rings. The van der Waals surface area contributed by atoms with Crippen molar-refractivity contribution < 1.29 is 9.59 Å². The quantitative estimate of drug-likeness (QED) is 0.193. The predicted molar refractivity (Wildman–Crippen MR) is 136 cm³/mol. The van der Waals surface area contributed by atoms with E-state index in [4.69, 9.17) is 58.0 Å². The van der Waals surface area contributed by atoms with Gasteiger partial charge in [-0.25, -0.2) is 4.98 Å². The van der Waals surface area contributed by atoms with Crippen LogP contribution in [0.25, 0.3) is 0 Å². The minimum Gasteiger partial charge on any atom is -0.326 e. The van der Waals surface area contributed by atoms with Gasteiger partial charge in [0.25, 0.3) is 0 Å². The van der Waals surface area contributed by atoms with E-state index in [1.54, 1.807) is 30.5 Å². The number of Topliss-reactive ketones (excluding diaryl/α,β-unsaturated/α-hetero) is 1. The van der Waals surface area contributed by atoms with Crippen molar-refractivity contribution in [2.24, 2.45) is 10.9 Å². The summed E-state index contributed by atoms with van der Waals surface area (Å²) in [6.07, 6.45) is 3.18. The summed E-state index contributed by atoms with van der Waals surface area (Å²) in [5.74, 6) is -1.91. The number of ketones is 1. The van der Waals surface area contributed by atoms with Crippen LogP contribution in [0.5, 0.6) is 0 Å². The molecule has 0 aliphatic heterocycles. The van der Waals surface area contributed by atoms with Gasteiger partial charge in [-0.15, -0.1) is 34.5 Å². The maximum atomic E-state index is 12.9. The number of carbonyl (C=O) groups excluding carboxylic acids is 2. The number of rotatable bonds is 7. The average molecular weight is 562 g/mol. The summed E-state index contributed by atoms with van der Waals surface area (Å²) in [5.41, 5.74) is 1.29. The van der Waals surface area contributed by atoms with Crippen LogP contribution in [-0.2, 0) is 4.79 Å². The summed E-state index contributed by atoms with van der Waals surface area (Å²) >= 11 is 32.6. The number of aliphatic imine (C=N–C) groups is 1. The first-order valence-corrected chi connectivity index (χ1v) is 12.3. The van der Waals surface area contributed by atoms with E-state index in [-0.39, 0.29) is 22.9 Å². The highest BCUT2D eigenvalue weighted by atomic mass is 35.5. The first-order valence-electron chi connectivity index (χ1n) is 9.53. The van der Waals surface area contributed by atoms with Gasteiger partial charge in [0.05, 0.1) is 17.2 Å². The molecule has 0 spiro atoms. The third-order valence-corrected chi connectivity index (χ3v) is 7.42. The maximum Gasteiger partial charge on any atom is 0.231 e. The van der Waals surface area contributed by atoms with E-state index in [1.165, 1.54) is 29.7 Å². The normalized spacial score (nSPS) is 18.9. The second-order valence-corrected chi connectivity index (χ2v) is 10.9. The molecule has 2 unspecified atom stereocenters. The van der Waals surface area contributed by atoms with Crippen molar-refractivity contribution in [3.63, 3.8) is 0 Å². The van der Waals surface area contributed by atoms with Crippen LogP contribution in [0.15, 0.2) is 53.0 Å². The number of alkyl halides is 2. The van der Waals surface area contributed by atoms with E-state index >= 15 is 0 Å². The molecule has 1 fully saturated rings. The molecule has 1 aromatic heterocycles. The second kappa shape index (κ2) is 9.90. The molecule has 1 heterocycles. The Labute approximate surface area is 218 Å². The molecule has 1 amide bonds. The van der Waals surface area contributed by atoms with Gasteiger partial charge in [0.1, 0.15) is 15.9 Å². The molecule has 5 nitrogen and oxygen atoms in total. The number of halogens is 5. The third kappa shape index (κ3) is 5.53. The van der Waals surface area contributed by atoms with Crippen LogP contribution in [-0.4, -0.2) is 33.8 Å². The van der Waals surface area contributed by atoms with Crippen LogP contribution in [0.3, 0.4) is 0 Å². The zero-order valence-electron chi connectivity index (χ0n) is 16.6. The lowest BCUT2D eigenvalue weighted by atomic mass is 10.1. The molecule has 33 heavy (non-hydrogen) atoms. The predicted octanol–water partition coefficient (Wildman–Crippen LogP) is 6.93. The Bertz CT molecular complexity index is 1230. The highest BCUT2D eigenvalue weighted by Gasteiger charge is 2.67. The van der Waals surface area contributed by atoms with Crippen molar-refractivity contribution in [1.82, 2.24) is 4.98 Å². The summed E-state index contributed by atoms with van der Waals surface area (Å²) in [5, 5.41) is 6.36. The van der Waals surface area contributed by atoms with Gasteiger partial charge in [-0.3, -0.25) is 14.6 Å². The van der Waals surface area contributed by atoms with E-state index in [1.807, 2.05) is 5.38 Å². The van der Waals surface area contributed by atoms with Gasteiger partial charge >= 0.3 is 0 Å². The number of hydrogen-bond acceptors (Lipinski definition) is 5. The van der Waals surface area contributed by atoms with Gasteiger partial charge < -0.3 is 5.32 Å². The number of carbonyl (C=O) groups is 2. The molecule has 1 aliphatic carbocycles. The topological polar surface area (TPSA) is 71.4 Å². The minimum atomic E-state index is -1.31. The Kier molecular flexibility index (Phi) is 7.34. The number of benzene rings is 2. The van der Waals surface area contributed by atoms with Crippen LogP contribution in [0, 0.1) is 5.92 Å². The molecule has 1 saturated carbocycles. The van der Waals surface area contributed by atoms with Gasteiger partial charge in [-0.1, -0.05) is 34.8 Å². The van der Waals surface area contributed by atoms with Crippen LogP contribution < -0.4 is 5.32 Å². The number of nitrogens with one attached hydrogen (secondary N) is 1. The van der Waals surface area contributed by atoms with Crippen LogP contribution in [0.2, 0.25) is 15.1 Å². The number of anilines is 1. The summed E-state index contributed by atoms with van der Waals surface area (Å²) in [7, 11) is 0. The Morgan fingerprint density at radius 3 is 2.52 bits per heavy atom. The van der Waals surface area contributed by atoms with Gasteiger partial charge in [-0.05, 0) is 42.0 Å². The Balaban J connectivity index is 1.46. The third-order valence-electron chi connectivity index (χ3n) is 5.00. The molecular formula is C22H14Cl5N3O2S. The fourth-order valence-electron chi connectivity index (χ4n) is 3.45. The first-order chi connectivity index (χ1) is 15.7. The summed E-state index contributed by atoms with van der Waals surface area (Å²) in [6.45, 7) is -0.108. The average Bonchev–Trinajstić information content (AvgIpc) is 3.06. The van der Waals surface area contributed by atoms with Gasteiger partial charge in [0, 0.05) is 38.8 Å². The fourth-order valence-corrected chi connectivity index (χ4v) is 5.56. The Morgan fingerprint density at radius 2 is 1.85 bits per heavy atom. The zero-order chi connectivity index (χ0) is 23.8. The molecule has 3 aromatic rings. The van der Waals surface area contributed by atoms with Crippen molar-refractivity contribution >= 4 is 92.9 Å². The number of hydrogen-bond donors (Lipinski definition) is 1. The fraction of sp³-hybridized carbons (Fsp3) is 0.182. The molecule has 0 saturated heterocycles. The van der Waals surface area contributed by atoms with Crippen molar-refractivity contribution in [2.75, 3.05) is 11.9 Å². The number of nitrogens with zero attached hydrogens (tertiary/aromatic N) is 2. The van der Waals surface area contributed by atoms with Crippen LogP contribution in [0.4, 0.5) is 5.69 Å². The van der Waals surface area contributed by atoms with E-state index in [2.05, 4.69) is 15.3 Å². The summed E-state index contributed by atoms with van der Waals surface area (Å²) in [6, 6.07) is 9.56. The largest absolute Gasteiger partial charge is 0.326 e. The van der Waals surface area contributed by atoms with Gasteiger partial charge in [0.15, 0.2) is 5.78 Å². The molecule has 0 radical (unpaired) electrons. The molecule has 1 N–H and O–H groups in total. The van der Waals surface area contributed by atoms with E-state index in [9.17, 15) is 9.59 Å². The SMILES string of the molecule is O=C(CN=Cc1nccs1)c1cc(NC(=O)C2C(c3cc(Cl)cc(Cl)c3)C2(Cl)Cl)ccc1Cl. The van der Waals surface area contributed by atoms with Crippen molar-refractivity contribution in [3.8, 4) is 0 Å². The minimum absolute atomic E-state index is 0.108. The highest BCUT2D eigenvalue weighted by Crippen LogP contribution is 2.65. The smallest absolute Gasteiger partial charge is 0.231 e. The molecule has 0 bridgehead atoms. The number of amides is 1. The van der Waals surface area contributed by atoms with Crippen LogP contribution >= 0.6 is 69.3 Å². The summed E-state index contributed by atoms with van der Waals surface area (Å²) in [4.78, 5) is 33.7.